The van der Waals surface area contributed by atoms with Crippen LogP contribution in [-0.2, 0) is 4.43 Å². The summed E-state index contributed by atoms with van der Waals surface area (Å²) in [6, 6.07) is 0. The van der Waals surface area contributed by atoms with Gasteiger partial charge in [-0.25, -0.2) is 0 Å². The summed E-state index contributed by atoms with van der Waals surface area (Å²) in [5, 5.41) is 10.3. The molecule has 0 amide bonds. The largest absolute Gasteiger partial charge is 0.417 e. The first-order valence-corrected chi connectivity index (χ1v) is 18.1. The molecule has 2 rings (SSSR count). The van der Waals surface area contributed by atoms with Gasteiger partial charge in [0, 0.05) is 6.61 Å². The second kappa shape index (κ2) is 12.3. The summed E-state index contributed by atoms with van der Waals surface area (Å²) < 4.78 is 6.59. The first kappa shape index (κ1) is 30.6. The summed E-state index contributed by atoms with van der Waals surface area (Å²) in [6.07, 6.45) is 14.0. The van der Waals surface area contributed by atoms with Gasteiger partial charge in [-0.15, -0.1) is 0 Å². The monoisotopic (exact) mass is 556 g/mol. The fourth-order valence-electron chi connectivity index (χ4n) is 6.93. The minimum absolute atomic E-state index is 0.289. The van der Waals surface area contributed by atoms with Gasteiger partial charge in [0.2, 0.25) is 0 Å². The number of fused-ring (bicyclic) bond motifs is 1. The molecular formula is C30H57BrO2Si. The van der Waals surface area contributed by atoms with Crippen molar-refractivity contribution in [2.24, 2.45) is 29.1 Å². The molecule has 200 valence electrons. The van der Waals surface area contributed by atoms with E-state index in [1.165, 1.54) is 57.8 Å². The molecular weight excluding hydrogens is 500 g/mol. The second-order valence-corrected chi connectivity index (χ2v) is 19.4. The molecule has 2 aliphatic carbocycles. The molecule has 0 saturated heterocycles. The number of rotatable bonds is 12. The summed E-state index contributed by atoms with van der Waals surface area (Å²) in [5.41, 5.74) is 1.60. The Balaban J connectivity index is 1.99. The standard InChI is InChI=1S/C30H57BrO2Si/c1-23(19-21-33-34(8,9)28(2,3)4)26-17-18-27-24(22-31)15-16-25(30(26,27)7)14-12-10-11-13-20-29(5,6)32/h22-23,25-27,32H,10-21H2,1-9H3/b24-22+/t23-,25-,26-,27+,30-/m1/s1. The molecule has 5 atom stereocenters. The summed E-state index contributed by atoms with van der Waals surface area (Å²) >= 11 is 3.73. The van der Waals surface area contributed by atoms with Crippen LogP contribution in [0, 0.1) is 29.1 Å². The highest BCUT2D eigenvalue weighted by atomic mass is 79.9. The molecule has 0 aromatic heterocycles. The van der Waals surface area contributed by atoms with Crippen molar-refractivity contribution < 1.29 is 9.53 Å². The fourth-order valence-corrected chi connectivity index (χ4v) is 8.54. The Morgan fingerprint density at radius 1 is 1.09 bits per heavy atom. The van der Waals surface area contributed by atoms with Gasteiger partial charge in [-0.05, 0) is 111 Å². The quantitative estimate of drug-likeness (QED) is 0.191. The maximum atomic E-state index is 9.97. The van der Waals surface area contributed by atoms with Gasteiger partial charge >= 0.3 is 0 Å². The Bertz CT molecular complexity index is 660. The van der Waals surface area contributed by atoms with Crippen molar-refractivity contribution in [3.8, 4) is 0 Å². The van der Waals surface area contributed by atoms with E-state index in [-0.39, 0.29) is 5.04 Å². The van der Waals surface area contributed by atoms with Crippen LogP contribution < -0.4 is 0 Å². The van der Waals surface area contributed by atoms with Crippen LogP contribution in [0.3, 0.4) is 0 Å². The maximum absolute atomic E-state index is 9.97. The third kappa shape index (κ3) is 7.68. The van der Waals surface area contributed by atoms with Crippen molar-refractivity contribution in [3.63, 3.8) is 0 Å². The molecule has 4 heteroatoms. The van der Waals surface area contributed by atoms with Gasteiger partial charge in [0.25, 0.3) is 0 Å². The molecule has 0 heterocycles. The predicted molar refractivity (Wildman–Crippen MR) is 155 cm³/mol. The van der Waals surface area contributed by atoms with Gasteiger partial charge in [0.15, 0.2) is 8.32 Å². The molecule has 0 aliphatic heterocycles. The Kier molecular flexibility index (Phi) is 11.0. The van der Waals surface area contributed by atoms with Gasteiger partial charge < -0.3 is 9.53 Å². The zero-order chi connectivity index (χ0) is 25.8. The Morgan fingerprint density at radius 3 is 2.32 bits per heavy atom. The van der Waals surface area contributed by atoms with Crippen LogP contribution in [-0.4, -0.2) is 25.6 Å². The Hall–Kier alpha value is 0.357. The second-order valence-electron chi connectivity index (χ2n) is 14.2. The molecule has 0 radical (unpaired) electrons. The SMILES string of the molecule is C[C@H](CCO[Si](C)(C)C(C)(C)C)[C@H]1CC[C@H]2/C(=C/Br)CC[C@@H](CCCCCCC(C)(C)O)[C@]12C. The molecule has 0 unspecified atom stereocenters. The molecule has 0 aromatic rings. The zero-order valence-corrected chi connectivity index (χ0v) is 26.7. The normalized spacial score (nSPS) is 30.6. The van der Waals surface area contributed by atoms with Gasteiger partial charge in [-0.2, -0.15) is 0 Å². The zero-order valence-electron chi connectivity index (χ0n) is 24.1. The maximum Gasteiger partial charge on any atom is 0.191 e. The average molecular weight is 558 g/mol. The van der Waals surface area contributed by atoms with Crippen LogP contribution in [0.4, 0.5) is 0 Å². The minimum atomic E-state index is -1.67. The van der Waals surface area contributed by atoms with Crippen LogP contribution in [0.25, 0.3) is 0 Å². The lowest BCUT2D eigenvalue weighted by Gasteiger charge is -2.50. The molecule has 34 heavy (non-hydrogen) atoms. The summed E-state index contributed by atoms with van der Waals surface area (Å²) in [4.78, 5) is 2.27. The van der Waals surface area contributed by atoms with E-state index in [2.05, 4.69) is 68.6 Å². The Morgan fingerprint density at radius 2 is 1.74 bits per heavy atom. The number of unbranched alkanes of at least 4 members (excludes halogenated alkanes) is 3. The van der Waals surface area contributed by atoms with E-state index < -0.39 is 13.9 Å². The molecule has 2 nitrogen and oxygen atoms in total. The van der Waals surface area contributed by atoms with Crippen LogP contribution in [0.15, 0.2) is 10.6 Å². The van der Waals surface area contributed by atoms with Gasteiger partial charge in [0.05, 0.1) is 5.60 Å². The fraction of sp³-hybridized carbons (Fsp3) is 0.933. The predicted octanol–water partition coefficient (Wildman–Crippen LogP) is 9.87. The molecule has 2 aliphatic rings. The number of aliphatic hydroxyl groups is 1. The molecule has 0 aromatic carbocycles. The number of allylic oxidation sites excluding steroid dienone is 1. The third-order valence-corrected chi connectivity index (χ3v) is 15.3. The van der Waals surface area contributed by atoms with E-state index in [1.807, 2.05) is 13.8 Å². The lowest BCUT2D eigenvalue weighted by Crippen LogP contribution is -2.44. The van der Waals surface area contributed by atoms with E-state index in [1.54, 1.807) is 5.57 Å². The number of hydrogen-bond donors (Lipinski definition) is 1. The molecule has 0 bridgehead atoms. The van der Waals surface area contributed by atoms with Crippen molar-refractivity contribution in [2.75, 3.05) is 6.61 Å². The number of halogens is 1. The highest BCUT2D eigenvalue weighted by Gasteiger charge is 2.55. The minimum Gasteiger partial charge on any atom is -0.417 e. The van der Waals surface area contributed by atoms with Gasteiger partial charge in [-0.3, -0.25) is 0 Å². The van der Waals surface area contributed by atoms with Crippen molar-refractivity contribution in [1.29, 1.82) is 0 Å². The first-order chi connectivity index (χ1) is 15.6. The van der Waals surface area contributed by atoms with Crippen LogP contribution in [0.5, 0.6) is 0 Å². The van der Waals surface area contributed by atoms with Crippen molar-refractivity contribution >= 4 is 24.2 Å². The van der Waals surface area contributed by atoms with Gasteiger partial charge in [0.1, 0.15) is 0 Å². The topological polar surface area (TPSA) is 29.5 Å². The van der Waals surface area contributed by atoms with Crippen molar-refractivity contribution in [1.82, 2.24) is 0 Å². The summed E-state index contributed by atoms with van der Waals surface area (Å²) in [7, 11) is -1.67. The van der Waals surface area contributed by atoms with Crippen LogP contribution in [0.1, 0.15) is 119 Å². The molecule has 2 saturated carbocycles. The average Bonchev–Trinajstić information content (AvgIpc) is 3.07. The van der Waals surface area contributed by atoms with E-state index >= 15 is 0 Å². The lowest BCUT2D eigenvalue weighted by molar-refractivity contribution is 0.0180. The van der Waals surface area contributed by atoms with Crippen molar-refractivity contribution in [2.45, 2.75) is 143 Å². The summed E-state index contributed by atoms with van der Waals surface area (Å²) in [5.74, 6) is 3.14. The van der Waals surface area contributed by atoms with E-state index in [9.17, 15) is 5.11 Å². The lowest BCUT2D eigenvalue weighted by atomic mass is 9.55. The van der Waals surface area contributed by atoms with E-state index in [4.69, 9.17) is 4.43 Å². The van der Waals surface area contributed by atoms with Crippen molar-refractivity contribution in [3.05, 3.63) is 10.6 Å². The van der Waals surface area contributed by atoms with E-state index in [0.29, 0.717) is 5.41 Å². The smallest absolute Gasteiger partial charge is 0.191 e. The van der Waals surface area contributed by atoms with Gasteiger partial charge in [-0.1, -0.05) is 81.8 Å². The van der Waals surface area contributed by atoms with Crippen LogP contribution in [0.2, 0.25) is 18.1 Å². The van der Waals surface area contributed by atoms with Crippen LogP contribution >= 0.6 is 15.9 Å². The Labute approximate surface area is 222 Å². The summed E-state index contributed by atoms with van der Waals surface area (Å²) in [6.45, 7) is 21.8. The molecule has 0 spiro atoms. The molecule has 1 N–H and O–H groups in total. The highest BCUT2D eigenvalue weighted by Crippen LogP contribution is 2.63. The molecule has 2 fully saturated rings. The van der Waals surface area contributed by atoms with E-state index in [0.717, 1.165) is 43.1 Å². The highest BCUT2D eigenvalue weighted by molar-refractivity contribution is 9.11. The first-order valence-electron chi connectivity index (χ1n) is 14.3. The number of hydrogen-bond acceptors (Lipinski definition) is 2. The third-order valence-electron chi connectivity index (χ3n) is 10.2.